The molecule has 1 aliphatic rings. The minimum atomic E-state index is -0.00972. The second-order valence-electron chi connectivity index (χ2n) is 5.32. The number of hydrogen-bond acceptors (Lipinski definition) is 2. The summed E-state index contributed by atoms with van der Waals surface area (Å²) in [4.78, 5) is 14.0. The molecule has 1 unspecified atom stereocenters. The van der Waals surface area contributed by atoms with E-state index in [2.05, 4.69) is 30.4 Å². The first-order valence-corrected chi connectivity index (χ1v) is 7.39. The predicted molar refractivity (Wildman–Crippen MR) is 79.6 cm³/mol. The van der Waals surface area contributed by atoms with E-state index in [1.54, 1.807) is 0 Å². The van der Waals surface area contributed by atoms with Gasteiger partial charge < -0.3 is 15.0 Å². The van der Waals surface area contributed by atoms with Crippen molar-refractivity contribution in [3.63, 3.8) is 0 Å². The molecule has 0 aromatic heterocycles. The van der Waals surface area contributed by atoms with Crippen molar-refractivity contribution in [3.05, 3.63) is 35.4 Å². The number of nitrogens with zero attached hydrogens (tertiary/aromatic N) is 1. The van der Waals surface area contributed by atoms with Gasteiger partial charge in [-0.3, -0.25) is 0 Å². The normalized spacial score (nSPS) is 18.0. The molecule has 1 heterocycles. The van der Waals surface area contributed by atoms with Gasteiger partial charge in [0.15, 0.2) is 0 Å². The molecule has 0 spiro atoms. The van der Waals surface area contributed by atoms with Crippen molar-refractivity contribution in [2.45, 2.75) is 39.3 Å². The van der Waals surface area contributed by atoms with Crippen molar-refractivity contribution in [2.24, 2.45) is 0 Å². The van der Waals surface area contributed by atoms with E-state index in [1.165, 1.54) is 11.1 Å². The Kier molecular flexibility index (Phi) is 5.41. The van der Waals surface area contributed by atoms with Crippen LogP contribution in [0.4, 0.5) is 4.79 Å². The van der Waals surface area contributed by atoms with Crippen LogP contribution in [-0.2, 0) is 11.3 Å². The van der Waals surface area contributed by atoms with E-state index in [0.717, 1.165) is 19.4 Å². The maximum atomic E-state index is 12.2. The van der Waals surface area contributed by atoms with Gasteiger partial charge in [-0.05, 0) is 32.3 Å². The van der Waals surface area contributed by atoms with Gasteiger partial charge in [-0.2, -0.15) is 0 Å². The summed E-state index contributed by atoms with van der Waals surface area (Å²) < 4.78 is 5.52. The van der Waals surface area contributed by atoms with Crippen LogP contribution in [0.25, 0.3) is 0 Å². The molecule has 1 saturated heterocycles. The van der Waals surface area contributed by atoms with Crippen molar-refractivity contribution >= 4 is 6.03 Å². The lowest BCUT2D eigenvalue weighted by atomic mass is 10.1. The van der Waals surface area contributed by atoms with Gasteiger partial charge in [0.05, 0.1) is 6.10 Å². The lowest BCUT2D eigenvalue weighted by Gasteiger charge is -2.22. The summed E-state index contributed by atoms with van der Waals surface area (Å²) in [6, 6.07) is 8.27. The highest BCUT2D eigenvalue weighted by atomic mass is 16.5. The van der Waals surface area contributed by atoms with Crippen LogP contribution in [0.5, 0.6) is 0 Å². The average Bonchev–Trinajstić information content (AvgIpc) is 2.95. The molecule has 4 nitrogen and oxygen atoms in total. The first-order valence-electron chi connectivity index (χ1n) is 7.39. The number of rotatable bonds is 5. The molecule has 1 N–H and O–H groups in total. The summed E-state index contributed by atoms with van der Waals surface area (Å²) in [5, 5.41) is 2.97. The molecule has 0 aliphatic carbocycles. The fourth-order valence-corrected chi connectivity index (χ4v) is 2.48. The molecule has 0 radical (unpaired) electrons. The van der Waals surface area contributed by atoms with Crippen molar-refractivity contribution in [1.29, 1.82) is 0 Å². The zero-order valence-corrected chi connectivity index (χ0v) is 12.4. The Labute approximate surface area is 121 Å². The maximum Gasteiger partial charge on any atom is 0.317 e. The molecule has 1 fully saturated rings. The van der Waals surface area contributed by atoms with Gasteiger partial charge in [0.25, 0.3) is 0 Å². The van der Waals surface area contributed by atoms with Gasteiger partial charge in [-0.25, -0.2) is 4.79 Å². The molecule has 4 heteroatoms. The highest BCUT2D eigenvalue weighted by Crippen LogP contribution is 2.11. The summed E-state index contributed by atoms with van der Waals surface area (Å²) in [5.74, 6) is 0. The SMILES string of the molecule is CCN(Cc1cccc(C)c1)C(=O)NCC1CCCO1. The number of carbonyl (C=O) groups is 1. The van der Waals surface area contributed by atoms with Crippen molar-refractivity contribution in [3.8, 4) is 0 Å². The number of nitrogens with one attached hydrogen (secondary N) is 1. The second kappa shape index (κ2) is 7.29. The zero-order chi connectivity index (χ0) is 14.4. The standard InChI is InChI=1S/C16H24N2O2/c1-3-18(12-14-7-4-6-13(2)10-14)16(19)17-11-15-8-5-9-20-15/h4,6-7,10,15H,3,5,8-9,11-12H2,1-2H3,(H,17,19). The van der Waals surface area contributed by atoms with Crippen LogP contribution in [0.15, 0.2) is 24.3 Å². The van der Waals surface area contributed by atoms with Crippen LogP contribution in [0, 0.1) is 6.92 Å². The topological polar surface area (TPSA) is 41.6 Å². The molecule has 20 heavy (non-hydrogen) atoms. The minimum Gasteiger partial charge on any atom is -0.376 e. The molecule has 1 aromatic rings. The number of ether oxygens (including phenoxy) is 1. The van der Waals surface area contributed by atoms with Gasteiger partial charge in [0.2, 0.25) is 0 Å². The number of urea groups is 1. The van der Waals surface area contributed by atoms with E-state index in [-0.39, 0.29) is 12.1 Å². The van der Waals surface area contributed by atoms with Crippen molar-refractivity contribution < 1.29 is 9.53 Å². The number of aryl methyl sites for hydroxylation is 1. The summed E-state index contributed by atoms with van der Waals surface area (Å²) in [6.07, 6.45) is 2.34. The second-order valence-corrected chi connectivity index (χ2v) is 5.32. The Balaban J connectivity index is 1.85. The van der Waals surface area contributed by atoms with Crippen LogP contribution in [-0.4, -0.2) is 36.7 Å². The third-order valence-electron chi connectivity index (χ3n) is 3.63. The van der Waals surface area contributed by atoms with Crippen molar-refractivity contribution in [1.82, 2.24) is 10.2 Å². The lowest BCUT2D eigenvalue weighted by Crippen LogP contribution is -2.42. The monoisotopic (exact) mass is 276 g/mol. The fourth-order valence-electron chi connectivity index (χ4n) is 2.48. The van der Waals surface area contributed by atoms with E-state index in [4.69, 9.17) is 4.74 Å². The molecule has 1 aromatic carbocycles. The smallest absolute Gasteiger partial charge is 0.317 e. The molecular formula is C16H24N2O2. The quantitative estimate of drug-likeness (QED) is 0.898. The Hall–Kier alpha value is -1.55. The fraction of sp³-hybridized carbons (Fsp3) is 0.562. The highest BCUT2D eigenvalue weighted by molar-refractivity contribution is 5.74. The van der Waals surface area contributed by atoms with E-state index in [0.29, 0.717) is 19.6 Å². The zero-order valence-electron chi connectivity index (χ0n) is 12.4. The van der Waals surface area contributed by atoms with Gasteiger partial charge in [-0.1, -0.05) is 29.8 Å². The van der Waals surface area contributed by atoms with E-state index < -0.39 is 0 Å². The van der Waals surface area contributed by atoms with Crippen LogP contribution < -0.4 is 5.32 Å². The molecule has 1 atom stereocenters. The molecule has 1 aliphatic heterocycles. The Morgan fingerprint density at radius 3 is 3.00 bits per heavy atom. The van der Waals surface area contributed by atoms with Gasteiger partial charge >= 0.3 is 6.03 Å². The summed E-state index contributed by atoms with van der Waals surface area (Å²) >= 11 is 0. The van der Waals surface area contributed by atoms with Crippen LogP contribution in [0.2, 0.25) is 0 Å². The van der Waals surface area contributed by atoms with Gasteiger partial charge in [-0.15, -0.1) is 0 Å². The predicted octanol–water partition coefficient (Wildman–Crippen LogP) is 2.71. The summed E-state index contributed by atoms with van der Waals surface area (Å²) in [5.41, 5.74) is 2.39. The molecule has 110 valence electrons. The Morgan fingerprint density at radius 2 is 2.35 bits per heavy atom. The Bertz CT molecular complexity index is 442. The average molecular weight is 276 g/mol. The van der Waals surface area contributed by atoms with E-state index in [9.17, 15) is 4.79 Å². The lowest BCUT2D eigenvalue weighted by molar-refractivity contribution is 0.109. The van der Waals surface area contributed by atoms with Crippen LogP contribution >= 0.6 is 0 Å². The molecule has 2 amide bonds. The van der Waals surface area contributed by atoms with Gasteiger partial charge in [0.1, 0.15) is 0 Å². The third kappa shape index (κ3) is 4.23. The summed E-state index contributed by atoms with van der Waals surface area (Å²) in [7, 11) is 0. The van der Waals surface area contributed by atoms with Crippen LogP contribution in [0.3, 0.4) is 0 Å². The third-order valence-corrected chi connectivity index (χ3v) is 3.63. The number of hydrogen-bond donors (Lipinski definition) is 1. The Morgan fingerprint density at radius 1 is 1.50 bits per heavy atom. The van der Waals surface area contributed by atoms with Crippen molar-refractivity contribution in [2.75, 3.05) is 19.7 Å². The number of carbonyl (C=O) groups excluding carboxylic acids is 1. The number of amides is 2. The molecule has 0 bridgehead atoms. The van der Waals surface area contributed by atoms with E-state index >= 15 is 0 Å². The van der Waals surface area contributed by atoms with E-state index in [1.807, 2.05) is 17.9 Å². The highest BCUT2D eigenvalue weighted by Gasteiger charge is 2.18. The molecule has 2 rings (SSSR count). The van der Waals surface area contributed by atoms with Gasteiger partial charge in [0, 0.05) is 26.2 Å². The molecular weight excluding hydrogens is 252 g/mol. The summed E-state index contributed by atoms with van der Waals surface area (Å²) in [6.45, 7) is 6.85. The maximum absolute atomic E-state index is 12.2. The number of benzene rings is 1. The largest absolute Gasteiger partial charge is 0.376 e. The molecule has 0 saturated carbocycles. The first kappa shape index (κ1) is 14.9. The minimum absolute atomic E-state index is 0.00972. The van der Waals surface area contributed by atoms with Crippen LogP contribution in [0.1, 0.15) is 30.9 Å². The first-order chi connectivity index (χ1) is 9.69.